The van der Waals surface area contributed by atoms with Gasteiger partial charge in [-0.3, -0.25) is 0 Å². The molecule has 5 nitrogen and oxygen atoms in total. The van der Waals surface area contributed by atoms with Crippen LogP contribution in [-0.2, 0) is 24.3 Å². The van der Waals surface area contributed by atoms with Crippen LogP contribution in [0.4, 0.5) is 0 Å². The Morgan fingerprint density at radius 2 is 1.62 bits per heavy atom. The van der Waals surface area contributed by atoms with Crippen molar-refractivity contribution in [1.29, 1.82) is 0 Å². The second-order valence-corrected chi connectivity index (χ2v) is 2.67. The zero-order chi connectivity index (χ0) is 10.1. The second-order valence-electron chi connectivity index (χ2n) is 2.67. The molecule has 0 aliphatic heterocycles. The van der Waals surface area contributed by atoms with E-state index in [-0.39, 0.29) is 12.2 Å². The Bertz CT molecular complexity index is 109. The molecule has 80 valence electrons. The molecule has 5 heteroatoms. The third-order valence-corrected chi connectivity index (χ3v) is 1.30. The molecule has 0 aromatic rings. The molecule has 0 spiro atoms. The smallest absolute Gasteiger partial charge is 0.113 e. The van der Waals surface area contributed by atoms with Crippen LogP contribution in [0.3, 0.4) is 0 Å². The van der Waals surface area contributed by atoms with Crippen LogP contribution >= 0.6 is 0 Å². The van der Waals surface area contributed by atoms with Gasteiger partial charge in [0, 0.05) is 0 Å². The Labute approximate surface area is 78.7 Å². The van der Waals surface area contributed by atoms with Crippen molar-refractivity contribution in [2.75, 3.05) is 27.4 Å². The summed E-state index contributed by atoms with van der Waals surface area (Å²) in [4.78, 5) is 18.4. The molecule has 0 fully saturated rings. The summed E-state index contributed by atoms with van der Waals surface area (Å²) in [6, 6.07) is 0. The zero-order valence-corrected chi connectivity index (χ0v) is 8.61. The van der Waals surface area contributed by atoms with Crippen molar-refractivity contribution in [3.05, 3.63) is 0 Å². The molecular weight excluding hydrogens is 176 g/mol. The highest BCUT2D eigenvalue weighted by molar-refractivity contribution is 4.49. The monoisotopic (exact) mass is 194 g/mol. The van der Waals surface area contributed by atoms with Crippen molar-refractivity contribution in [1.82, 2.24) is 0 Å². The maximum Gasteiger partial charge on any atom is 0.113 e. The number of hydrogen-bond donors (Lipinski definition) is 0. The van der Waals surface area contributed by atoms with Gasteiger partial charge in [-0.25, -0.2) is 19.6 Å². The first-order chi connectivity index (χ1) is 6.20. The van der Waals surface area contributed by atoms with Crippen LogP contribution in [0.5, 0.6) is 0 Å². The Morgan fingerprint density at radius 3 is 2.15 bits per heavy atom. The third kappa shape index (κ3) is 8.14. The summed E-state index contributed by atoms with van der Waals surface area (Å²) >= 11 is 0. The van der Waals surface area contributed by atoms with Crippen LogP contribution in [0.25, 0.3) is 0 Å². The lowest BCUT2D eigenvalue weighted by atomic mass is 10.4. The van der Waals surface area contributed by atoms with E-state index in [2.05, 4.69) is 9.78 Å². The molecule has 0 aromatic heterocycles. The van der Waals surface area contributed by atoms with E-state index in [0.717, 1.165) is 0 Å². The van der Waals surface area contributed by atoms with Crippen molar-refractivity contribution in [2.24, 2.45) is 0 Å². The van der Waals surface area contributed by atoms with Crippen LogP contribution < -0.4 is 0 Å². The number of ether oxygens (including phenoxy) is 1. The van der Waals surface area contributed by atoms with Gasteiger partial charge in [0.15, 0.2) is 0 Å². The highest BCUT2D eigenvalue weighted by Crippen LogP contribution is 1.97. The van der Waals surface area contributed by atoms with Crippen LogP contribution in [-0.4, -0.2) is 39.6 Å². The van der Waals surface area contributed by atoms with Crippen molar-refractivity contribution in [3.8, 4) is 0 Å². The first-order valence-corrected chi connectivity index (χ1v) is 4.17. The Morgan fingerprint density at radius 1 is 0.923 bits per heavy atom. The predicted octanol–water partition coefficient (Wildman–Crippen LogP) is 0.936. The van der Waals surface area contributed by atoms with Crippen LogP contribution in [0.2, 0.25) is 0 Å². The molecule has 0 N–H and O–H groups in total. The van der Waals surface area contributed by atoms with Gasteiger partial charge in [-0.05, 0) is 13.8 Å². The van der Waals surface area contributed by atoms with Crippen molar-refractivity contribution < 1.29 is 24.3 Å². The Hall–Kier alpha value is -0.200. The Balaban J connectivity index is 3.29. The summed E-state index contributed by atoms with van der Waals surface area (Å²) in [6.45, 7) is 4.60. The molecule has 13 heavy (non-hydrogen) atoms. The summed E-state index contributed by atoms with van der Waals surface area (Å²) in [6.07, 6.45) is -0.113. The van der Waals surface area contributed by atoms with E-state index >= 15 is 0 Å². The summed E-state index contributed by atoms with van der Waals surface area (Å²) in [7, 11) is 2.93. The second kappa shape index (κ2) is 8.40. The van der Waals surface area contributed by atoms with E-state index in [1.165, 1.54) is 14.2 Å². The molecule has 0 amide bonds. The van der Waals surface area contributed by atoms with E-state index < -0.39 is 0 Å². The topological polar surface area (TPSA) is 46.2 Å². The average Bonchev–Trinajstić information content (AvgIpc) is 2.12. The number of rotatable bonds is 8. The fourth-order valence-corrected chi connectivity index (χ4v) is 0.704. The van der Waals surface area contributed by atoms with E-state index in [9.17, 15) is 0 Å². The van der Waals surface area contributed by atoms with Gasteiger partial charge in [-0.2, -0.15) is 0 Å². The summed E-state index contributed by atoms with van der Waals surface area (Å²) in [5.74, 6) is 0. The molecule has 0 rings (SSSR count). The molecule has 0 radical (unpaired) electrons. The van der Waals surface area contributed by atoms with Crippen LogP contribution in [0.15, 0.2) is 0 Å². The van der Waals surface area contributed by atoms with E-state index in [1.807, 2.05) is 13.8 Å². The SMILES string of the molecule is COOCC(C)OCC(C)OOC. The molecule has 0 saturated carbocycles. The largest absolute Gasteiger partial charge is 0.373 e. The van der Waals surface area contributed by atoms with Crippen LogP contribution in [0.1, 0.15) is 13.8 Å². The lowest BCUT2D eigenvalue weighted by Gasteiger charge is -2.15. The minimum Gasteiger partial charge on any atom is -0.373 e. The minimum atomic E-state index is -0.0880. The Kier molecular flexibility index (Phi) is 8.27. The van der Waals surface area contributed by atoms with E-state index in [1.54, 1.807) is 0 Å². The molecule has 0 aliphatic rings. The van der Waals surface area contributed by atoms with Gasteiger partial charge < -0.3 is 4.74 Å². The minimum absolute atomic E-state index is 0.0251. The van der Waals surface area contributed by atoms with Gasteiger partial charge in [-0.15, -0.1) is 0 Å². The van der Waals surface area contributed by atoms with E-state index in [0.29, 0.717) is 13.2 Å². The summed E-state index contributed by atoms with van der Waals surface area (Å²) in [5, 5.41) is 0. The highest BCUT2D eigenvalue weighted by Gasteiger charge is 2.07. The van der Waals surface area contributed by atoms with E-state index in [4.69, 9.17) is 14.5 Å². The standard InChI is InChI=1S/C8H18O5/c1-7(6-12-9-3)11-5-8(2)13-10-4/h7-8H,5-6H2,1-4H3. The van der Waals surface area contributed by atoms with Gasteiger partial charge in [0.25, 0.3) is 0 Å². The van der Waals surface area contributed by atoms with Gasteiger partial charge in [-0.1, -0.05) is 0 Å². The first-order valence-electron chi connectivity index (χ1n) is 4.17. The molecule has 0 heterocycles. The van der Waals surface area contributed by atoms with Gasteiger partial charge in [0.2, 0.25) is 0 Å². The number of hydrogen-bond acceptors (Lipinski definition) is 5. The van der Waals surface area contributed by atoms with Crippen LogP contribution in [0, 0.1) is 0 Å². The van der Waals surface area contributed by atoms with Crippen molar-refractivity contribution in [2.45, 2.75) is 26.1 Å². The van der Waals surface area contributed by atoms with Crippen molar-refractivity contribution >= 4 is 0 Å². The fourth-order valence-electron chi connectivity index (χ4n) is 0.704. The predicted molar refractivity (Wildman–Crippen MR) is 45.9 cm³/mol. The maximum atomic E-state index is 5.35. The average molecular weight is 194 g/mol. The molecule has 2 unspecified atom stereocenters. The molecule has 0 aromatic carbocycles. The highest BCUT2D eigenvalue weighted by atomic mass is 17.2. The lowest BCUT2D eigenvalue weighted by Crippen LogP contribution is -2.23. The van der Waals surface area contributed by atoms with Gasteiger partial charge in [0.1, 0.15) is 12.7 Å². The first kappa shape index (κ1) is 12.8. The molecule has 0 bridgehead atoms. The maximum absolute atomic E-state index is 5.35. The molecule has 2 atom stereocenters. The van der Waals surface area contributed by atoms with Crippen molar-refractivity contribution in [3.63, 3.8) is 0 Å². The molecule has 0 saturated heterocycles. The van der Waals surface area contributed by atoms with Gasteiger partial charge in [0.05, 0.1) is 26.9 Å². The summed E-state index contributed by atoms with van der Waals surface area (Å²) < 4.78 is 5.35. The summed E-state index contributed by atoms with van der Waals surface area (Å²) in [5.41, 5.74) is 0. The third-order valence-electron chi connectivity index (χ3n) is 1.30. The lowest BCUT2D eigenvalue weighted by molar-refractivity contribution is -0.314. The quantitative estimate of drug-likeness (QED) is 0.425. The zero-order valence-electron chi connectivity index (χ0n) is 8.61. The fraction of sp³-hybridized carbons (Fsp3) is 1.00. The normalized spacial score (nSPS) is 15.7. The van der Waals surface area contributed by atoms with Gasteiger partial charge >= 0.3 is 0 Å². The molecular formula is C8H18O5. The molecule has 0 aliphatic carbocycles.